The van der Waals surface area contributed by atoms with Gasteiger partial charge in [0.1, 0.15) is 31.0 Å². The minimum atomic E-state index is -1.00. The average Bonchev–Trinajstić information content (AvgIpc) is 2.97. The van der Waals surface area contributed by atoms with Crippen molar-refractivity contribution in [2.24, 2.45) is 5.92 Å². The van der Waals surface area contributed by atoms with Crippen LogP contribution in [0.3, 0.4) is 0 Å². The van der Waals surface area contributed by atoms with Crippen molar-refractivity contribution in [3.63, 3.8) is 0 Å². The van der Waals surface area contributed by atoms with E-state index in [2.05, 4.69) is 10.6 Å². The Morgan fingerprint density at radius 1 is 1.07 bits per heavy atom. The van der Waals surface area contributed by atoms with Gasteiger partial charge in [-0.3, -0.25) is 19.2 Å². The molecule has 2 aromatic carbocycles. The summed E-state index contributed by atoms with van der Waals surface area (Å²) in [4.78, 5) is 56.0. The Bertz CT molecular complexity index is 1240. The van der Waals surface area contributed by atoms with Crippen molar-refractivity contribution in [3.05, 3.63) is 54.1 Å². The highest BCUT2D eigenvalue weighted by molar-refractivity contribution is 5.99. The van der Waals surface area contributed by atoms with Crippen molar-refractivity contribution in [1.82, 2.24) is 20.4 Å². The second-order valence-electron chi connectivity index (χ2n) is 10.7. The van der Waals surface area contributed by atoms with Gasteiger partial charge in [0, 0.05) is 20.5 Å². The molecular weight excluding hydrogens is 540 g/mol. The van der Waals surface area contributed by atoms with Gasteiger partial charge in [-0.15, -0.1) is 0 Å². The second kappa shape index (κ2) is 15.6. The third kappa shape index (κ3) is 9.12. The monoisotopic (exact) mass is 582 g/mol. The summed E-state index contributed by atoms with van der Waals surface area (Å²) in [7, 11) is 4.82. The van der Waals surface area contributed by atoms with Gasteiger partial charge in [-0.1, -0.05) is 38.1 Å². The summed E-state index contributed by atoms with van der Waals surface area (Å²) < 4.78 is 17.0. The van der Waals surface area contributed by atoms with Gasteiger partial charge in [-0.25, -0.2) is 0 Å². The maximum Gasteiger partial charge on any atom is 0.255 e. The van der Waals surface area contributed by atoms with E-state index in [-0.39, 0.29) is 68.3 Å². The van der Waals surface area contributed by atoms with E-state index in [0.717, 1.165) is 0 Å². The molecule has 4 amide bonds. The number of nitrogens with zero attached hydrogens (tertiary/aromatic N) is 2. The van der Waals surface area contributed by atoms with E-state index in [1.807, 2.05) is 26.0 Å². The fraction of sp³-hybridized carbons (Fsp3) is 0.484. The van der Waals surface area contributed by atoms with Crippen LogP contribution in [0.4, 0.5) is 0 Å². The third-order valence-electron chi connectivity index (χ3n) is 6.93. The lowest BCUT2D eigenvalue weighted by Crippen LogP contribution is -2.50. The van der Waals surface area contributed by atoms with Crippen LogP contribution < -0.4 is 24.8 Å². The van der Waals surface area contributed by atoms with E-state index >= 15 is 0 Å². The Hall–Kier alpha value is -4.28. The molecule has 0 radical (unpaired) electrons. The zero-order valence-electron chi connectivity index (χ0n) is 25.1. The van der Waals surface area contributed by atoms with Crippen molar-refractivity contribution < 1.29 is 33.4 Å². The summed E-state index contributed by atoms with van der Waals surface area (Å²) in [5, 5.41) is 5.64. The minimum absolute atomic E-state index is 0.0373. The summed E-state index contributed by atoms with van der Waals surface area (Å²) in [6.07, 6.45) is 0.439. The molecule has 2 N–H and O–H groups in total. The first-order chi connectivity index (χ1) is 20.1. The highest BCUT2D eigenvalue weighted by Gasteiger charge is 2.29. The highest BCUT2D eigenvalue weighted by Crippen LogP contribution is 2.25. The van der Waals surface area contributed by atoms with Crippen LogP contribution in [0.1, 0.15) is 43.5 Å². The molecule has 11 heteroatoms. The lowest BCUT2D eigenvalue weighted by Gasteiger charge is -2.26. The Balaban J connectivity index is 1.79. The predicted octanol–water partition coefficient (Wildman–Crippen LogP) is 2.49. The lowest BCUT2D eigenvalue weighted by molar-refractivity contribution is -0.136. The summed E-state index contributed by atoms with van der Waals surface area (Å²) in [5.41, 5.74) is 0.253. The molecule has 1 aliphatic heterocycles. The van der Waals surface area contributed by atoms with Crippen molar-refractivity contribution in [2.45, 2.75) is 45.2 Å². The number of nitrogens with one attached hydrogen (secondary N) is 2. The van der Waals surface area contributed by atoms with E-state index in [1.54, 1.807) is 57.6 Å². The van der Waals surface area contributed by atoms with E-state index in [9.17, 15) is 19.2 Å². The smallest absolute Gasteiger partial charge is 0.255 e. The molecule has 0 aromatic heterocycles. The molecule has 0 saturated heterocycles. The molecule has 0 spiro atoms. The molecule has 2 aromatic rings. The van der Waals surface area contributed by atoms with Crippen molar-refractivity contribution in [2.75, 3.05) is 47.5 Å². The molecule has 1 aliphatic rings. The summed E-state index contributed by atoms with van der Waals surface area (Å²) in [6.45, 7) is 4.78. The van der Waals surface area contributed by atoms with Crippen LogP contribution in [0.2, 0.25) is 0 Å². The Morgan fingerprint density at radius 2 is 1.76 bits per heavy atom. The topological polar surface area (TPSA) is 127 Å². The molecular formula is C31H42N4O7. The quantitative estimate of drug-likeness (QED) is 0.490. The van der Waals surface area contributed by atoms with Crippen LogP contribution in [0, 0.1) is 5.92 Å². The van der Waals surface area contributed by atoms with Gasteiger partial charge in [0.25, 0.3) is 5.91 Å². The van der Waals surface area contributed by atoms with Crippen molar-refractivity contribution in [1.29, 1.82) is 0 Å². The molecule has 228 valence electrons. The number of amides is 4. The minimum Gasteiger partial charge on any atom is -0.493 e. The van der Waals surface area contributed by atoms with Gasteiger partial charge < -0.3 is 34.6 Å². The van der Waals surface area contributed by atoms with Gasteiger partial charge in [0.05, 0.1) is 25.8 Å². The molecule has 1 heterocycles. The first kappa shape index (κ1) is 32.2. The Morgan fingerprint density at radius 3 is 2.48 bits per heavy atom. The number of ether oxygens (including phenoxy) is 3. The van der Waals surface area contributed by atoms with Crippen LogP contribution in [-0.2, 0) is 14.4 Å². The van der Waals surface area contributed by atoms with Gasteiger partial charge in [-0.2, -0.15) is 0 Å². The SMILES string of the molecule is COc1ccccc1OCCN(C)C(=O)[C@@H]1CCC(=O)N[C@H](CC(C)C)C(=O)N(C)CCOc2ccccc2C(=O)N1. The van der Waals surface area contributed by atoms with E-state index in [4.69, 9.17) is 14.2 Å². The molecule has 42 heavy (non-hydrogen) atoms. The van der Waals surface area contributed by atoms with Gasteiger partial charge in [-0.05, 0) is 43.0 Å². The zero-order valence-corrected chi connectivity index (χ0v) is 25.1. The number of benzene rings is 2. The first-order valence-electron chi connectivity index (χ1n) is 14.2. The summed E-state index contributed by atoms with van der Waals surface area (Å²) in [5.74, 6) is 0.155. The number of para-hydroxylation sites is 3. The fourth-order valence-corrected chi connectivity index (χ4v) is 4.58. The molecule has 0 fully saturated rings. The molecule has 0 bridgehead atoms. The number of hydrogen-bond acceptors (Lipinski definition) is 7. The standard InChI is InChI=1S/C31H42N4O7/c1-21(2)20-24-31(39)35(4)16-18-41-25-11-7-6-10-22(25)29(37)33-23(14-15-28(36)32-24)30(38)34(3)17-19-42-27-13-9-8-12-26(27)40-5/h6-13,21,23-24H,14-20H2,1-5H3,(H,32,36)(H,33,37)/t23-,24+/m0/s1. The van der Waals surface area contributed by atoms with Crippen LogP contribution in [0.25, 0.3) is 0 Å². The molecule has 0 saturated carbocycles. The number of carbonyl (C=O) groups is 4. The normalized spacial score (nSPS) is 18.5. The number of fused-ring (bicyclic) bond motifs is 1. The molecule has 0 aliphatic carbocycles. The van der Waals surface area contributed by atoms with Crippen LogP contribution in [-0.4, -0.2) is 93.0 Å². The van der Waals surface area contributed by atoms with E-state index < -0.39 is 18.0 Å². The van der Waals surface area contributed by atoms with Crippen LogP contribution in [0.15, 0.2) is 48.5 Å². The highest BCUT2D eigenvalue weighted by atomic mass is 16.5. The molecule has 3 rings (SSSR count). The zero-order chi connectivity index (χ0) is 30.6. The largest absolute Gasteiger partial charge is 0.493 e. The number of likely N-dealkylation sites (N-methyl/N-ethyl adjacent to an activating group) is 2. The van der Waals surface area contributed by atoms with Gasteiger partial charge in [0.2, 0.25) is 17.7 Å². The molecule has 2 atom stereocenters. The lowest BCUT2D eigenvalue weighted by atomic mass is 10.0. The number of carbonyl (C=O) groups excluding carboxylic acids is 4. The maximum atomic E-state index is 13.5. The maximum absolute atomic E-state index is 13.5. The summed E-state index contributed by atoms with van der Waals surface area (Å²) in [6, 6.07) is 12.2. The van der Waals surface area contributed by atoms with Gasteiger partial charge >= 0.3 is 0 Å². The Labute approximate surface area is 247 Å². The molecule has 11 nitrogen and oxygen atoms in total. The Kier molecular flexibility index (Phi) is 12.0. The predicted molar refractivity (Wildman–Crippen MR) is 158 cm³/mol. The van der Waals surface area contributed by atoms with Crippen molar-refractivity contribution in [3.8, 4) is 17.2 Å². The van der Waals surface area contributed by atoms with Crippen molar-refractivity contribution >= 4 is 23.6 Å². The second-order valence-corrected chi connectivity index (χ2v) is 10.7. The van der Waals surface area contributed by atoms with Crippen LogP contribution in [0.5, 0.6) is 17.2 Å². The van der Waals surface area contributed by atoms with Crippen LogP contribution >= 0.6 is 0 Å². The summed E-state index contributed by atoms with van der Waals surface area (Å²) >= 11 is 0. The van der Waals surface area contributed by atoms with Gasteiger partial charge in [0.15, 0.2) is 11.5 Å². The van der Waals surface area contributed by atoms with E-state index in [1.165, 1.54) is 9.80 Å². The first-order valence-corrected chi connectivity index (χ1v) is 14.2. The molecule has 0 unspecified atom stereocenters. The number of methoxy groups -OCH3 is 1. The average molecular weight is 583 g/mol. The number of hydrogen-bond donors (Lipinski definition) is 2. The number of rotatable bonds is 8. The van der Waals surface area contributed by atoms with E-state index in [0.29, 0.717) is 23.7 Å². The fourth-order valence-electron chi connectivity index (χ4n) is 4.58. The third-order valence-corrected chi connectivity index (χ3v) is 6.93.